The summed E-state index contributed by atoms with van der Waals surface area (Å²) in [5.41, 5.74) is 2.29. The maximum Gasteiger partial charge on any atom is 0.416 e. The first-order valence-corrected chi connectivity index (χ1v) is 10.5. The number of alkyl halides is 3. The third kappa shape index (κ3) is 4.52. The Morgan fingerprint density at radius 1 is 0.971 bits per heavy atom. The molecule has 0 saturated heterocycles. The molecule has 1 aromatic heterocycles. The molecule has 0 aliphatic heterocycles. The van der Waals surface area contributed by atoms with Crippen molar-refractivity contribution in [3.05, 3.63) is 89.6 Å². The molecule has 1 N–H and O–H groups in total. The Morgan fingerprint density at radius 3 is 2.35 bits per heavy atom. The summed E-state index contributed by atoms with van der Waals surface area (Å²) >= 11 is 0. The molecule has 0 spiro atoms. The van der Waals surface area contributed by atoms with Crippen LogP contribution in [0.4, 0.5) is 18.9 Å². The first-order valence-electron chi connectivity index (χ1n) is 10.5. The predicted octanol–water partition coefficient (Wildman–Crippen LogP) is 6.29. The maximum absolute atomic E-state index is 13.1. The lowest BCUT2D eigenvalue weighted by atomic mass is 9.98. The van der Waals surface area contributed by atoms with E-state index >= 15 is 0 Å². The van der Waals surface area contributed by atoms with Crippen molar-refractivity contribution < 1.29 is 27.5 Å². The van der Waals surface area contributed by atoms with E-state index in [1.807, 2.05) is 0 Å². The molecule has 1 heterocycles. The Labute approximate surface area is 193 Å². The largest absolute Gasteiger partial charge is 0.461 e. The summed E-state index contributed by atoms with van der Waals surface area (Å²) in [4.78, 5) is 25.2. The van der Waals surface area contributed by atoms with Crippen molar-refractivity contribution in [1.82, 2.24) is 4.57 Å². The molecule has 4 rings (SSSR count). The van der Waals surface area contributed by atoms with Crippen LogP contribution in [0.3, 0.4) is 0 Å². The van der Waals surface area contributed by atoms with Gasteiger partial charge >= 0.3 is 12.1 Å². The average Bonchev–Trinajstić information content (AvgIpc) is 3.14. The third-order valence-corrected chi connectivity index (χ3v) is 5.48. The van der Waals surface area contributed by atoms with Crippen molar-refractivity contribution in [2.75, 3.05) is 11.9 Å². The lowest BCUT2D eigenvalue weighted by Gasteiger charge is -2.12. The van der Waals surface area contributed by atoms with Crippen LogP contribution in [0.25, 0.3) is 22.0 Å². The molecule has 174 valence electrons. The number of hydrogen-bond acceptors (Lipinski definition) is 3. The summed E-state index contributed by atoms with van der Waals surface area (Å²) in [5, 5.41) is 3.58. The van der Waals surface area contributed by atoms with Gasteiger partial charge in [0.05, 0.1) is 12.2 Å². The van der Waals surface area contributed by atoms with Gasteiger partial charge in [0.15, 0.2) is 0 Å². The molecule has 34 heavy (non-hydrogen) atoms. The zero-order valence-electron chi connectivity index (χ0n) is 18.4. The van der Waals surface area contributed by atoms with E-state index in [0.717, 1.165) is 23.0 Å². The third-order valence-electron chi connectivity index (χ3n) is 5.48. The number of hydrogen-bond donors (Lipinski definition) is 1. The first kappa shape index (κ1) is 23.1. The minimum absolute atomic E-state index is 0.264. The summed E-state index contributed by atoms with van der Waals surface area (Å²) in [6.07, 6.45) is -4.43. The van der Waals surface area contributed by atoms with Crippen LogP contribution in [0, 0.1) is 0 Å². The highest BCUT2D eigenvalue weighted by Gasteiger charge is 2.30. The fourth-order valence-electron chi connectivity index (χ4n) is 3.80. The van der Waals surface area contributed by atoms with E-state index in [1.54, 1.807) is 67.1 Å². The van der Waals surface area contributed by atoms with Gasteiger partial charge in [0.25, 0.3) is 5.91 Å². The van der Waals surface area contributed by atoms with E-state index in [-0.39, 0.29) is 6.61 Å². The Kier molecular flexibility index (Phi) is 6.15. The van der Waals surface area contributed by atoms with Gasteiger partial charge in [-0.3, -0.25) is 4.79 Å². The highest BCUT2D eigenvalue weighted by molar-refractivity contribution is 6.09. The number of aryl methyl sites for hydroxylation is 1. The highest BCUT2D eigenvalue weighted by atomic mass is 19.4. The quantitative estimate of drug-likeness (QED) is 0.352. The van der Waals surface area contributed by atoms with Gasteiger partial charge in [0, 0.05) is 29.2 Å². The van der Waals surface area contributed by atoms with Gasteiger partial charge in [-0.1, -0.05) is 30.3 Å². The second-order valence-corrected chi connectivity index (χ2v) is 7.66. The number of ether oxygens (including phenoxy) is 1. The van der Waals surface area contributed by atoms with Crippen molar-refractivity contribution in [3.63, 3.8) is 0 Å². The summed E-state index contributed by atoms with van der Waals surface area (Å²) in [6, 6.07) is 18.3. The lowest BCUT2D eigenvalue weighted by Crippen LogP contribution is -2.13. The van der Waals surface area contributed by atoms with E-state index in [2.05, 4.69) is 5.32 Å². The van der Waals surface area contributed by atoms with Crippen LogP contribution in [-0.2, 0) is 18.0 Å². The van der Waals surface area contributed by atoms with Crippen LogP contribution in [0.5, 0.6) is 0 Å². The van der Waals surface area contributed by atoms with E-state index in [4.69, 9.17) is 4.74 Å². The molecule has 0 aliphatic rings. The number of amides is 1. The number of benzene rings is 3. The molecule has 1 amide bonds. The molecule has 0 aliphatic carbocycles. The second kappa shape index (κ2) is 9.05. The number of rotatable bonds is 5. The summed E-state index contributed by atoms with van der Waals surface area (Å²) in [5.74, 6) is -0.839. The minimum Gasteiger partial charge on any atom is -0.461 e. The molecule has 4 aromatic rings. The molecule has 0 saturated carbocycles. The average molecular weight is 466 g/mol. The van der Waals surface area contributed by atoms with Gasteiger partial charge < -0.3 is 14.6 Å². The topological polar surface area (TPSA) is 60.3 Å². The molecule has 0 atom stereocenters. The molecular weight excluding hydrogens is 445 g/mol. The number of aromatic nitrogens is 1. The van der Waals surface area contributed by atoms with Gasteiger partial charge in [-0.05, 0) is 60.5 Å². The Hall–Kier alpha value is -4.07. The van der Waals surface area contributed by atoms with Crippen LogP contribution in [-0.4, -0.2) is 23.1 Å². The number of carbonyl (C=O) groups excluding carboxylic acids is 2. The van der Waals surface area contributed by atoms with Crippen molar-refractivity contribution in [2.24, 2.45) is 7.05 Å². The minimum atomic E-state index is -4.43. The fraction of sp³-hybridized carbons (Fsp3) is 0.154. The van der Waals surface area contributed by atoms with Crippen LogP contribution in [0.15, 0.2) is 72.8 Å². The summed E-state index contributed by atoms with van der Waals surface area (Å²) in [6.45, 7) is 2.00. The Morgan fingerprint density at radius 2 is 1.68 bits per heavy atom. The van der Waals surface area contributed by atoms with Gasteiger partial charge in [0.2, 0.25) is 0 Å². The molecule has 8 heteroatoms. The Balaban J connectivity index is 1.62. The molecule has 0 radical (unpaired) electrons. The SMILES string of the molecule is CCOC(=O)c1cc2cc(NC(=O)c3ccccc3-c3ccc(C(F)(F)F)cc3)ccc2n1C. The summed E-state index contributed by atoms with van der Waals surface area (Å²) < 4.78 is 45.5. The number of fused-ring (bicyclic) bond motifs is 1. The monoisotopic (exact) mass is 466 g/mol. The van der Waals surface area contributed by atoms with Gasteiger partial charge in [-0.25, -0.2) is 4.79 Å². The fourth-order valence-corrected chi connectivity index (χ4v) is 3.80. The predicted molar refractivity (Wildman–Crippen MR) is 124 cm³/mol. The lowest BCUT2D eigenvalue weighted by molar-refractivity contribution is -0.137. The van der Waals surface area contributed by atoms with E-state index in [0.29, 0.717) is 28.1 Å². The number of halogens is 3. The van der Waals surface area contributed by atoms with Crippen molar-refractivity contribution in [3.8, 4) is 11.1 Å². The van der Waals surface area contributed by atoms with Gasteiger partial charge in [-0.2, -0.15) is 13.2 Å². The van der Waals surface area contributed by atoms with Crippen molar-refractivity contribution in [1.29, 1.82) is 0 Å². The molecular formula is C26H21F3N2O3. The van der Waals surface area contributed by atoms with Gasteiger partial charge in [0.1, 0.15) is 5.69 Å². The second-order valence-electron chi connectivity index (χ2n) is 7.66. The number of nitrogens with zero attached hydrogens (tertiary/aromatic N) is 1. The molecule has 0 bridgehead atoms. The maximum atomic E-state index is 13.1. The number of esters is 1. The zero-order valence-corrected chi connectivity index (χ0v) is 18.4. The van der Waals surface area contributed by atoms with Gasteiger partial charge in [-0.15, -0.1) is 0 Å². The van der Waals surface area contributed by atoms with Crippen LogP contribution >= 0.6 is 0 Å². The normalized spacial score (nSPS) is 11.4. The molecule has 5 nitrogen and oxygen atoms in total. The van der Waals surface area contributed by atoms with Crippen LogP contribution in [0.2, 0.25) is 0 Å². The van der Waals surface area contributed by atoms with Crippen molar-refractivity contribution >= 4 is 28.5 Å². The molecule has 0 unspecified atom stereocenters. The smallest absolute Gasteiger partial charge is 0.416 e. The first-order chi connectivity index (χ1) is 16.2. The molecule has 0 fully saturated rings. The molecule has 3 aromatic carbocycles. The van der Waals surface area contributed by atoms with E-state index in [9.17, 15) is 22.8 Å². The van der Waals surface area contributed by atoms with Crippen molar-refractivity contribution in [2.45, 2.75) is 13.1 Å². The van der Waals surface area contributed by atoms with Crippen LogP contribution in [0.1, 0.15) is 33.3 Å². The van der Waals surface area contributed by atoms with E-state index in [1.165, 1.54) is 12.1 Å². The number of anilines is 1. The number of carbonyl (C=O) groups is 2. The van der Waals surface area contributed by atoms with E-state index < -0.39 is 23.6 Å². The number of nitrogens with one attached hydrogen (secondary N) is 1. The summed E-state index contributed by atoms with van der Waals surface area (Å²) in [7, 11) is 1.76. The standard InChI is InChI=1S/C26H21F3N2O3/c1-3-34-25(33)23-15-17-14-19(12-13-22(17)31(23)2)30-24(32)21-7-5-4-6-20(21)16-8-10-18(11-9-16)26(27,28)29/h4-15H,3H2,1-2H3,(H,30,32). The highest BCUT2D eigenvalue weighted by Crippen LogP contribution is 2.32. The zero-order chi connectivity index (χ0) is 24.5. The Bertz CT molecular complexity index is 1370. The van der Waals surface area contributed by atoms with Crippen LogP contribution < -0.4 is 5.32 Å².